The molecule has 0 aliphatic carbocycles. The Kier molecular flexibility index (Phi) is 5.92. The summed E-state index contributed by atoms with van der Waals surface area (Å²) in [5, 5.41) is 14.0. The van der Waals surface area contributed by atoms with Gasteiger partial charge in [0.15, 0.2) is 11.5 Å². The molecule has 0 spiro atoms. The molecule has 0 aliphatic rings. The molecule has 3 aromatic rings. The fraction of sp³-hybridized carbons (Fsp3) is 0.111. The van der Waals surface area contributed by atoms with E-state index in [9.17, 15) is 5.26 Å². The minimum atomic E-state index is 0. The predicted molar refractivity (Wildman–Crippen MR) is 102 cm³/mol. The van der Waals surface area contributed by atoms with Crippen LogP contribution in [0, 0.1) is 11.3 Å². The molecule has 0 saturated carbocycles. The molecule has 2 aromatic carbocycles. The van der Waals surface area contributed by atoms with Gasteiger partial charge in [-0.25, -0.2) is 0 Å². The van der Waals surface area contributed by atoms with Crippen LogP contribution in [0.5, 0.6) is 11.5 Å². The highest BCUT2D eigenvalue weighted by Crippen LogP contribution is 2.34. The first kappa shape index (κ1) is 18.7. The first-order valence-corrected chi connectivity index (χ1v) is 7.51. The van der Waals surface area contributed by atoms with Crippen LogP contribution in [0.3, 0.4) is 0 Å². The zero-order valence-electron chi connectivity index (χ0n) is 13.5. The lowest BCUT2D eigenvalue weighted by molar-refractivity contribution is 0.355. The number of pyridine rings is 1. The molecule has 7 heteroatoms. The Labute approximate surface area is 156 Å². The van der Waals surface area contributed by atoms with Gasteiger partial charge in [0.2, 0.25) is 0 Å². The smallest absolute Gasteiger partial charge is 0.162 e. The summed E-state index contributed by atoms with van der Waals surface area (Å²) in [7, 11) is 3.15. The second-order valence-electron chi connectivity index (χ2n) is 5.01. The molecule has 3 rings (SSSR count). The first-order valence-electron chi connectivity index (χ1n) is 7.13. The zero-order valence-corrected chi connectivity index (χ0v) is 15.1. The molecule has 1 heterocycles. The van der Waals surface area contributed by atoms with Crippen LogP contribution in [0.4, 0.5) is 11.4 Å². The van der Waals surface area contributed by atoms with Crippen LogP contribution in [0.25, 0.3) is 10.9 Å². The van der Waals surface area contributed by atoms with Crippen LogP contribution in [0.15, 0.2) is 42.6 Å². The highest BCUT2D eigenvalue weighted by atomic mass is 35.5. The Hall–Kier alpha value is -2.68. The maximum Gasteiger partial charge on any atom is 0.162 e. The van der Waals surface area contributed by atoms with E-state index in [0.29, 0.717) is 27.8 Å². The summed E-state index contributed by atoms with van der Waals surface area (Å²) in [5.74, 6) is 1.23. The van der Waals surface area contributed by atoms with Gasteiger partial charge in [0.05, 0.1) is 31.0 Å². The fourth-order valence-corrected chi connectivity index (χ4v) is 2.61. The Morgan fingerprint density at radius 3 is 2.52 bits per heavy atom. The third-order valence-electron chi connectivity index (χ3n) is 3.60. The van der Waals surface area contributed by atoms with Crippen molar-refractivity contribution in [2.75, 3.05) is 19.5 Å². The SMILES string of the molecule is COc1ccc(Nc2c(C#N)cnc3ccc(Cl)cc23)cc1OC.Cl. The van der Waals surface area contributed by atoms with Crippen molar-refractivity contribution in [2.45, 2.75) is 0 Å². The summed E-state index contributed by atoms with van der Waals surface area (Å²) >= 11 is 6.10. The Morgan fingerprint density at radius 2 is 1.84 bits per heavy atom. The van der Waals surface area contributed by atoms with Crippen molar-refractivity contribution in [3.05, 3.63) is 53.2 Å². The van der Waals surface area contributed by atoms with E-state index in [1.807, 2.05) is 12.1 Å². The average Bonchev–Trinajstić information content (AvgIpc) is 2.62. The predicted octanol–water partition coefficient (Wildman–Crippen LogP) is 4.94. The summed E-state index contributed by atoms with van der Waals surface area (Å²) in [6.07, 6.45) is 1.54. The number of hydrogen-bond acceptors (Lipinski definition) is 5. The van der Waals surface area contributed by atoms with Crippen molar-refractivity contribution in [2.24, 2.45) is 0 Å². The molecule has 0 bridgehead atoms. The average molecular weight is 376 g/mol. The van der Waals surface area contributed by atoms with Crippen LogP contribution in [0.2, 0.25) is 5.02 Å². The van der Waals surface area contributed by atoms with Crippen LogP contribution in [-0.2, 0) is 0 Å². The van der Waals surface area contributed by atoms with Gasteiger partial charge in [-0.1, -0.05) is 11.6 Å². The quantitative estimate of drug-likeness (QED) is 0.698. The molecule has 0 atom stereocenters. The Balaban J connectivity index is 0.00000225. The molecule has 0 amide bonds. The van der Waals surface area contributed by atoms with Gasteiger partial charge in [0, 0.05) is 28.4 Å². The van der Waals surface area contributed by atoms with Crippen molar-refractivity contribution in [1.82, 2.24) is 4.98 Å². The highest BCUT2D eigenvalue weighted by Gasteiger charge is 2.11. The summed E-state index contributed by atoms with van der Waals surface area (Å²) in [5.41, 5.74) is 2.59. The standard InChI is InChI=1S/C18H14ClN3O2.ClH/c1-23-16-6-4-13(8-17(16)24-2)22-18-11(9-20)10-21-15-5-3-12(19)7-14(15)18;/h3-8,10H,1-2H3,(H,21,22);1H. The Morgan fingerprint density at radius 1 is 1.08 bits per heavy atom. The molecule has 5 nitrogen and oxygen atoms in total. The lowest BCUT2D eigenvalue weighted by atomic mass is 10.1. The van der Waals surface area contributed by atoms with Gasteiger partial charge in [-0.05, 0) is 30.3 Å². The van der Waals surface area contributed by atoms with Gasteiger partial charge in [0.25, 0.3) is 0 Å². The molecule has 25 heavy (non-hydrogen) atoms. The number of nitrogens with zero attached hydrogens (tertiary/aromatic N) is 2. The summed E-state index contributed by atoms with van der Waals surface area (Å²) in [6, 6.07) is 13.0. The number of aromatic nitrogens is 1. The minimum Gasteiger partial charge on any atom is -0.493 e. The van der Waals surface area contributed by atoms with Gasteiger partial charge in [0.1, 0.15) is 6.07 Å². The van der Waals surface area contributed by atoms with Gasteiger partial charge < -0.3 is 14.8 Å². The largest absolute Gasteiger partial charge is 0.493 e. The topological polar surface area (TPSA) is 67.2 Å². The number of nitrogens with one attached hydrogen (secondary N) is 1. The van der Waals surface area contributed by atoms with Gasteiger partial charge >= 0.3 is 0 Å². The van der Waals surface area contributed by atoms with Gasteiger partial charge in [-0.15, -0.1) is 12.4 Å². The van der Waals surface area contributed by atoms with Crippen molar-refractivity contribution in [1.29, 1.82) is 5.26 Å². The number of benzene rings is 2. The van der Waals surface area contributed by atoms with E-state index in [0.717, 1.165) is 16.6 Å². The second kappa shape index (κ2) is 7.93. The minimum absolute atomic E-state index is 0. The zero-order chi connectivity index (χ0) is 17.1. The van der Waals surface area contributed by atoms with Crippen molar-refractivity contribution < 1.29 is 9.47 Å². The third-order valence-corrected chi connectivity index (χ3v) is 3.84. The number of methoxy groups -OCH3 is 2. The summed E-state index contributed by atoms with van der Waals surface area (Å²) in [4.78, 5) is 4.29. The van der Waals surface area contributed by atoms with E-state index in [1.165, 1.54) is 0 Å². The molecule has 0 unspecified atom stereocenters. The van der Waals surface area contributed by atoms with Crippen molar-refractivity contribution >= 4 is 46.3 Å². The Bertz CT molecular complexity index is 955. The molecule has 1 aromatic heterocycles. The highest BCUT2D eigenvalue weighted by molar-refractivity contribution is 6.31. The number of ether oxygens (including phenoxy) is 2. The molecule has 0 aliphatic heterocycles. The van der Waals surface area contributed by atoms with Crippen LogP contribution in [-0.4, -0.2) is 19.2 Å². The van der Waals surface area contributed by atoms with Gasteiger partial charge in [-0.3, -0.25) is 4.98 Å². The second-order valence-corrected chi connectivity index (χ2v) is 5.45. The van der Waals surface area contributed by atoms with E-state index in [1.54, 1.807) is 44.7 Å². The van der Waals surface area contributed by atoms with Crippen molar-refractivity contribution in [3.63, 3.8) is 0 Å². The number of halogens is 2. The molecule has 0 fully saturated rings. The maximum absolute atomic E-state index is 9.40. The molecular formula is C18H15Cl2N3O2. The fourth-order valence-electron chi connectivity index (χ4n) is 2.44. The van der Waals surface area contributed by atoms with E-state index in [-0.39, 0.29) is 12.4 Å². The number of nitriles is 1. The molecule has 0 saturated heterocycles. The molecule has 0 radical (unpaired) electrons. The lowest BCUT2D eigenvalue weighted by Crippen LogP contribution is -1.98. The maximum atomic E-state index is 9.40. The van der Waals surface area contributed by atoms with E-state index < -0.39 is 0 Å². The van der Waals surface area contributed by atoms with E-state index >= 15 is 0 Å². The van der Waals surface area contributed by atoms with Crippen LogP contribution in [0.1, 0.15) is 5.56 Å². The summed E-state index contributed by atoms with van der Waals surface area (Å²) in [6.45, 7) is 0. The van der Waals surface area contributed by atoms with Gasteiger partial charge in [-0.2, -0.15) is 5.26 Å². The van der Waals surface area contributed by atoms with Crippen LogP contribution < -0.4 is 14.8 Å². The van der Waals surface area contributed by atoms with Crippen LogP contribution >= 0.6 is 24.0 Å². The lowest BCUT2D eigenvalue weighted by Gasteiger charge is -2.14. The van der Waals surface area contributed by atoms with Crippen molar-refractivity contribution in [3.8, 4) is 17.6 Å². The summed E-state index contributed by atoms with van der Waals surface area (Å²) < 4.78 is 10.6. The number of fused-ring (bicyclic) bond motifs is 1. The first-order chi connectivity index (χ1) is 11.7. The van der Waals surface area contributed by atoms with E-state index in [4.69, 9.17) is 21.1 Å². The molecular weight excluding hydrogens is 361 g/mol. The number of anilines is 2. The molecule has 1 N–H and O–H groups in total. The normalized spacial score (nSPS) is 9.84. The van der Waals surface area contributed by atoms with E-state index in [2.05, 4.69) is 16.4 Å². The number of hydrogen-bond donors (Lipinski definition) is 1. The number of rotatable bonds is 4. The monoisotopic (exact) mass is 375 g/mol. The third kappa shape index (κ3) is 3.71. The molecule has 128 valence electrons.